The number of nitrogens with zero attached hydrogens (tertiary/aromatic N) is 5. The third-order valence-corrected chi connectivity index (χ3v) is 3.41. The van der Waals surface area contributed by atoms with Crippen molar-refractivity contribution in [1.29, 1.82) is 0 Å². The molecule has 0 radical (unpaired) electrons. The number of rotatable bonds is 4. The lowest BCUT2D eigenvalue weighted by Crippen LogP contribution is -2.10. The molecule has 0 bridgehead atoms. The molecule has 22 heavy (non-hydrogen) atoms. The van der Waals surface area contributed by atoms with E-state index in [-0.39, 0.29) is 0 Å². The Morgan fingerprint density at radius 1 is 1.14 bits per heavy atom. The van der Waals surface area contributed by atoms with Crippen molar-refractivity contribution in [3.05, 3.63) is 60.2 Å². The highest BCUT2D eigenvalue weighted by Crippen LogP contribution is 2.24. The summed E-state index contributed by atoms with van der Waals surface area (Å²) in [6.07, 6.45) is 5.41. The van der Waals surface area contributed by atoms with Crippen molar-refractivity contribution >= 4 is 0 Å². The summed E-state index contributed by atoms with van der Waals surface area (Å²) in [4.78, 5) is 10.5. The maximum atomic E-state index is 4.76. The summed E-state index contributed by atoms with van der Waals surface area (Å²) in [6, 6.07) is 10.2. The first-order chi connectivity index (χ1) is 10.6. The topological polar surface area (TPSA) is 46.8 Å². The van der Waals surface area contributed by atoms with Gasteiger partial charge < -0.3 is 4.90 Å². The second-order valence-electron chi connectivity index (χ2n) is 5.58. The van der Waals surface area contributed by atoms with Gasteiger partial charge in [0.15, 0.2) is 5.82 Å². The predicted octanol–water partition coefficient (Wildman–Crippen LogP) is 2.70. The fourth-order valence-corrected chi connectivity index (χ4v) is 2.45. The first-order valence-corrected chi connectivity index (χ1v) is 7.21. The Hall–Kier alpha value is -2.53. The number of hydrogen-bond acceptors (Lipinski definition) is 4. The quantitative estimate of drug-likeness (QED) is 0.742. The van der Waals surface area contributed by atoms with Gasteiger partial charge in [-0.2, -0.15) is 5.10 Å². The van der Waals surface area contributed by atoms with Crippen LogP contribution in [0.5, 0.6) is 0 Å². The molecule has 2 aromatic heterocycles. The van der Waals surface area contributed by atoms with Crippen LogP contribution in [0.3, 0.4) is 0 Å². The number of hydrogen-bond donors (Lipinski definition) is 0. The molecule has 0 aliphatic heterocycles. The van der Waals surface area contributed by atoms with Crippen LogP contribution in [0, 0.1) is 6.92 Å². The standard InChI is InChI=1S/C17H19N5/c1-13-9-18-12-19-17(13)22-11-15(10-21(2)3)16(20-22)14-7-5-4-6-8-14/h4-9,11-12H,10H2,1-3H3. The van der Waals surface area contributed by atoms with E-state index < -0.39 is 0 Å². The van der Waals surface area contributed by atoms with Crippen molar-refractivity contribution < 1.29 is 0 Å². The van der Waals surface area contributed by atoms with Gasteiger partial charge in [-0.05, 0) is 21.0 Å². The molecule has 1 aromatic carbocycles. The van der Waals surface area contributed by atoms with Crippen molar-refractivity contribution in [3.63, 3.8) is 0 Å². The molecule has 0 saturated carbocycles. The smallest absolute Gasteiger partial charge is 0.159 e. The van der Waals surface area contributed by atoms with Crippen LogP contribution in [0.1, 0.15) is 11.1 Å². The van der Waals surface area contributed by atoms with Gasteiger partial charge in [-0.1, -0.05) is 30.3 Å². The van der Waals surface area contributed by atoms with E-state index >= 15 is 0 Å². The van der Waals surface area contributed by atoms with Crippen molar-refractivity contribution in [2.24, 2.45) is 0 Å². The molecule has 3 aromatic rings. The predicted molar refractivity (Wildman–Crippen MR) is 86.7 cm³/mol. The van der Waals surface area contributed by atoms with Crippen LogP contribution >= 0.6 is 0 Å². The normalized spacial score (nSPS) is 11.1. The Balaban J connectivity index is 2.11. The molecule has 0 aliphatic carbocycles. The summed E-state index contributed by atoms with van der Waals surface area (Å²) in [5, 5.41) is 4.76. The Bertz CT molecular complexity index is 762. The molecule has 2 heterocycles. The van der Waals surface area contributed by atoms with E-state index in [1.54, 1.807) is 12.5 Å². The fourth-order valence-electron chi connectivity index (χ4n) is 2.45. The molecule has 5 heteroatoms. The summed E-state index contributed by atoms with van der Waals surface area (Å²) in [5.74, 6) is 0.817. The van der Waals surface area contributed by atoms with E-state index in [0.717, 1.165) is 29.2 Å². The van der Waals surface area contributed by atoms with Crippen LogP contribution in [-0.4, -0.2) is 38.7 Å². The lowest BCUT2D eigenvalue weighted by molar-refractivity contribution is 0.403. The summed E-state index contributed by atoms with van der Waals surface area (Å²) >= 11 is 0. The zero-order valence-corrected chi connectivity index (χ0v) is 13.1. The SMILES string of the molecule is Cc1cncnc1-n1cc(CN(C)C)c(-c2ccccc2)n1. The molecule has 5 nitrogen and oxygen atoms in total. The van der Waals surface area contributed by atoms with Gasteiger partial charge in [0.2, 0.25) is 0 Å². The molecule has 0 aliphatic rings. The van der Waals surface area contributed by atoms with Crippen molar-refractivity contribution in [3.8, 4) is 17.1 Å². The first-order valence-electron chi connectivity index (χ1n) is 7.21. The van der Waals surface area contributed by atoms with Gasteiger partial charge >= 0.3 is 0 Å². The molecule has 0 unspecified atom stereocenters. The third kappa shape index (κ3) is 2.89. The highest BCUT2D eigenvalue weighted by atomic mass is 15.3. The minimum atomic E-state index is 0.817. The van der Waals surface area contributed by atoms with E-state index in [0.29, 0.717) is 0 Å². The minimum Gasteiger partial charge on any atom is -0.305 e. The van der Waals surface area contributed by atoms with Gasteiger partial charge in [0.25, 0.3) is 0 Å². The largest absolute Gasteiger partial charge is 0.305 e. The summed E-state index contributed by atoms with van der Waals surface area (Å²) in [6.45, 7) is 2.82. The average molecular weight is 293 g/mol. The highest BCUT2D eigenvalue weighted by Gasteiger charge is 2.14. The first kappa shape index (κ1) is 14.4. The third-order valence-electron chi connectivity index (χ3n) is 3.41. The van der Waals surface area contributed by atoms with Gasteiger partial charge in [0.1, 0.15) is 6.33 Å². The second kappa shape index (κ2) is 6.07. The van der Waals surface area contributed by atoms with E-state index in [1.165, 1.54) is 5.56 Å². The molecule has 0 N–H and O–H groups in total. The summed E-state index contributed by atoms with van der Waals surface area (Å²) < 4.78 is 1.85. The van der Waals surface area contributed by atoms with Crippen LogP contribution < -0.4 is 0 Å². The number of benzene rings is 1. The molecule has 0 fully saturated rings. The maximum absolute atomic E-state index is 4.76. The van der Waals surface area contributed by atoms with E-state index in [9.17, 15) is 0 Å². The lowest BCUT2D eigenvalue weighted by Gasteiger charge is -2.09. The van der Waals surface area contributed by atoms with Gasteiger partial charge in [-0.3, -0.25) is 0 Å². The zero-order valence-electron chi connectivity index (χ0n) is 13.1. The average Bonchev–Trinajstić information content (AvgIpc) is 2.91. The van der Waals surface area contributed by atoms with Crippen LogP contribution in [0.25, 0.3) is 17.1 Å². The molecule has 0 spiro atoms. The Morgan fingerprint density at radius 2 is 1.91 bits per heavy atom. The molecule has 0 amide bonds. The zero-order chi connectivity index (χ0) is 15.5. The Morgan fingerprint density at radius 3 is 2.59 bits per heavy atom. The Kier molecular flexibility index (Phi) is 3.98. The molecular formula is C17H19N5. The summed E-state index contributed by atoms with van der Waals surface area (Å²) in [7, 11) is 4.12. The fraction of sp³-hybridized carbons (Fsp3) is 0.235. The molecule has 112 valence electrons. The monoisotopic (exact) mass is 293 g/mol. The van der Waals surface area contributed by atoms with Gasteiger partial charge in [-0.15, -0.1) is 0 Å². The van der Waals surface area contributed by atoms with Gasteiger partial charge in [0, 0.05) is 35.6 Å². The van der Waals surface area contributed by atoms with Crippen LogP contribution in [0.4, 0.5) is 0 Å². The minimum absolute atomic E-state index is 0.817. The number of aryl methyl sites for hydroxylation is 1. The second-order valence-corrected chi connectivity index (χ2v) is 5.58. The number of aromatic nitrogens is 4. The van der Waals surface area contributed by atoms with Crippen LogP contribution in [0.15, 0.2) is 49.1 Å². The van der Waals surface area contributed by atoms with E-state index in [1.807, 2.05) is 29.8 Å². The van der Waals surface area contributed by atoms with E-state index in [4.69, 9.17) is 5.10 Å². The molecule has 0 saturated heterocycles. The van der Waals surface area contributed by atoms with Crippen LogP contribution in [0.2, 0.25) is 0 Å². The maximum Gasteiger partial charge on any atom is 0.159 e. The summed E-state index contributed by atoms with van der Waals surface area (Å²) in [5.41, 5.74) is 4.28. The lowest BCUT2D eigenvalue weighted by atomic mass is 10.1. The highest BCUT2D eigenvalue weighted by molar-refractivity contribution is 5.63. The van der Waals surface area contributed by atoms with Gasteiger partial charge in [-0.25, -0.2) is 14.6 Å². The Labute approximate surface area is 130 Å². The van der Waals surface area contributed by atoms with Gasteiger partial charge in [0.05, 0.1) is 5.69 Å². The van der Waals surface area contributed by atoms with Crippen LogP contribution in [-0.2, 0) is 6.54 Å². The van der Waals surface area contributed by atoms with Crippen molar-refractivity contribution in [2.75, 3.05) is 14.1 Å². The van der Waals surface area contributed by atoms with E-state index in [2.05, 4.69) is 47.3 Å². The molecule has 0 atom stereocenters. The van der Waals surface area contributed by atoms with Crippen molar-refractivity contribution in [2.45, 2.75) is 13.5 Å². The van der Waals surface area contributed by atoms with Crippen molar-refractivity contribution in [1.82, 2.24) is 24.6 Å². The molecular weight excluding hydrogens is 274 g/mol. The molecule has 3 rings (SSSR count).